The van der Waals surface area contributed by atoms with Crippen LogP contribution >= 0.6 is 0 Å². The molecule has 9 nitrogen and oxygen atoms in total. The first-order chi connectivity index (χ1) is 17.7. The lowest BCUT2D eigenvalue weighted by atomic mass is 9.77. The van der Waals surface area contributed by atoms with Crippen LogP contribution in [0.25, 0.3) is 0 Å². The van der Waals surface area contributed by atoms with Gasteiger partial charge in [-0.2, -0.15) is 0 Å². The SMILES string of the molecule is CCC1(c2ccccc2)CCN(c2cc(C)n(CCN3CC4(CCN(C(=O)O)CC4)NC3=O)c(=O)c2)C1. The monoisotopic (exact) mass is 507 g/mol. The zero-order valence-corrected chi connectivity index (χ0v) is 21.8. The van der Waals surface area contributed by atoms with Crippen molar-refractivity contribution in [1.82, 2.24) is 19.7 Å². The molecule has 1 aromatic heterocycles. The number of pyridine rings is 1. The van der Waals surface area contributed by atoms with Crippen molar-refractivity contribution in [2.75, 3.05) is 44.2 Å². The van der Waals surface area contributed by atoms with Crippen LogP contribution in [0, 0.1) is 6.92 Å². The fraction of sp³-hybridized carbons (Fsp3) is 0.536. The first kappa shape index (κ1) is 25.2. The standard InChI is InChI=1S/C28H37N5O4/c1-3-27(22-7-5-4-6-8-22)9-12-31(19-27)23-17-21(2)33(24(34)18-23)16-15-32-20-28(29-25(32)35)10-13-30(14-11-28)26(36)37/h4-8,17-18H,3,9-16,19-20H2,1-2H3,(H,29,35)(H,36,37). The number of hydrogen-bond acceptors (Lipinski definition) is 4. The largest absolute Gasteiger partial charge is 0.465 e. The van der Waals surface area contributed by atoms with Crippen molar-refractivity contribution in [3.63, 3.8) is 0 Å². The maximum atomic E-state index is 13.2. The predicted molar refractivity (Wildman–Crippen MR) is 142 cm³/mol. The summed E-state index contributed by atoms with van der Waals surface area (Å²) in [5.74, 6) is 0. The number of anilines is 1. The van der Waals surface area contributed by atoms with Gasteiger partial charge < -0.3 is 29.7 Å². The van der Waals surface area contributed by atoms with E-state index in [1.54, 1.807) is 15.5 Å². The molecule has 0 aliphatic carbocycles. The van der Waals surface area contributed by atoms with Gasteiger partial charge >= 0.3 is 12.1 Å². The fourth-order valence-electron chi connectivity index (χ4n) is 6.39. The third kappa shape index (κ3) is 4.79. The molecule has 1 unspecified atom stereocenters. The van der Waals surface area contributed by atoms with E-state index in [4.69, 9.17) is 0 Å². The van der Waals surface area contributed by atoms with Crippen LogP contribution in [0.3, 0.4) is 0 Å². The van der Waals surface area contributed by atoms with Crippen molar-refractivity contribution in [3.8, 4) is 0 Å². The van der Waals surface area contributed by atoms with Gasteiger partial charge in [-0.05, 0) is 44.2 Å². The number of carboxylic acid groups (broad SMARTS) is 1. The molecule has 3 saturated heterocycles. The Morgan fingerprint density at radius 1 is 1.00 bits per heavy atom. The number of rotatable bonds is 6. The highest BCUT2D eigenvalue weighted by Crippen LogP contribution is 2.39. The molecule has 5 rings (SSSR count). The van der Waals surface area contributed by atoms with Crippen molar-refractivity contribution in [1.29, 1.82) is 0 Å². The first-order valence-electron chi connectivity index (χ1n) is 13.3. The van der Waals surface area contributed by atoms with E-state index in [9.17, 15) is 19.5 Å². The van der Waals surface area contributed by atoms with Crippen molar-refractivity contribution in [2.45, 2.75) is 57.0 Å². The molecule has 4 heterocycles. The summed E-state index contributed by atoms with van der Waals surface area (Å²) in [6.07, 6.45) is 2.41. The second kappa shape index (κ2) is 9.76. The number of benzene rings is 1. The van der Waals surface area contributed by atoms with Crippen molar-refractivity contribution < 1.29 is 14.7 Å². The molecule has 3 aliphatic rings. The lowest BCUT2D eigenvalue weighted by Gasteiger charge is -2.37. The molecular formula is C28H37N5O4. The van der Waals surface area contributed by atoms with E-state index in [-0.39, 0.29) is 22.5 Å². The number of aromatic nitrogens is 1. The molecule has 3 fully saturated rings. The smallest absolute Gasteiger partial charge is 0.407 e. The lowest BCUT2D eigenvalue weighted by molar-refractivity contribution is 0.113. The number of likely N-dealkylation sites (tertiary alicyclic amines) is 1. The van der Waals surface area contributed by atoms with Gasteiger partial charge in [-0.25, -0.2) is 9.59 Å². The quantitative estimate of drug-likeness (QED) is 0.626. The van der Waals surface area contributed by atoms with Crippen LogP contribution in [-0.4, -0.2) is 76.4 Å². The molecule has 1 aromatic carbocycles. The lowest BCUT2D eigenvalue weighted by Crippen LogP contribution is -2.53. The predicted octanol–water partition coefficient (Wildman–Crippen LogP) is 3.25. The minimum Gasteiger partial charge on any atom is -0.465 e. The van der Waals surface area contributed by atoms with Crippen LogP contribution in [0.15, 0.2) is 47.3 Å². The molecule has 2 N–H and O–H groups in total. The molecule has 198 valence electrons. The highest BCUT2D eigenvalue weighted by atomic mass is 16.4. The van der Waals surface area contributed by atoms with Crippen molar-refractivity contribution >= 4 is 17.8 Å². The van der Waals surface area contributed by atoms with Gasteiger partial charge in [0.15, 0.2) is 0 Å². The van der Waals surface area contributed by atoms with E-state index in [0.29, 0.717) is 45.6 Å². The Morgan fingerprint density at radius 3 is 2.38 bits per heavy atom. The number of amides is 3. The van der Waals surface area contributed by atoms with Crippen molar-refractivity contribution in [3.05, 3.63) is 64.1 Å². The van der Waals surface area contributed by atoms with Gasteiger partial charge in [0, 0.05) is 68.7 Å². The van der Waals surface area contributed by atoms with E-state index in [1.807, 2.05) is 6.92 Å². The van der Waals surface area contributed by atoms with Gasteiger partial charge in [0.25, 0.3) is 5.56 Å². The number of nitrogens with one attached hydrogen (secondary N) is 1. The Hall–Kier alpha value is -3.49. The van der Waals surface area contributed by atoms with E-state index in [2.05, 4.69) is 53.5 Å². The average molecular weight is 508 g/mol. The normalized spacial score (nSPS) is 23.1. The number of hydrogen-bond donors (Lipinski definition) is 2. The second-order valence-corrected chi connectivity index (χ2v) is 10.9. The summed E-state index contributed by atoms with van der Waals surface area (Å²) in [7, 11) is 0. The molecular weight excluding hydrogens is 470 g/mol. The molecule has 0 saturated carbocycles. The Labute approximate surface area is 217 Å². The first-order valence-corrected chi connectivity index (χ1v) is 13.3. The molecule has 3 aliphatic heterocycles. The Balaban J connectivity index is 1.24. The molecule has 0 radical (unpaired) electrons. The van der Waals surface area contributed by atoms with Gasteiger partial charge in [0.05, 0.1) is 5.54 Å². The Bertz CT molecular complexity index is 1220. The van der Waals surface area contributed by atoms with Crippen LogP contribution in [-0.2, 0) is 12.0 Å². The third-order valence-corrected chi connectivity index (χ3v) is 8.84. The summed E-state index contributed by atoms with van der Waals surface area (Å²) in [4.78, 5) is 42.5. The maximum Gasteiger partial charge on any atom is 0.407 e. The number of aryl methyl sites for hydroxylation is 1. The number of urea groups is 1. The second-order valence-electron chi connectivity index (χ2n) is 10.9. The maximum absolute atomic E-state index is 13.2. The fourth-order valence-corrected chi connectivity index (χ4v) is 6.39. The summed E-state index contributed by atoms with van der Waals surface area (Å²) >= 11 is 0. The minimum absolute atomic E-state index is 0.0483. The summed E-state index contributed by atoms with van der Waals surface area (Å²) < 4.78 is 1.75. The van der Waals surface area contributed by atoms with Gasteiger partial charge in [0.1, 0.15) is 0 Å². The highest BCUT2D eigenvalue weighted by molar-refractivity contribution is 5.78. The molecule has 9 heteroatoms. The van der Waals surface area contributed by atoms with Crippen molar-refractivity contribution in [2.24, 2.45) is 0 Å². The van der Waals surface area contributed by atoms with Crippen LogP contribution in [0.2, 0.25) is 0 Å². The molecule has 2 aromatic rings. The van der Waals surface area contributed by atoms with E-state index in [0.717, 1.165) is 37.3 Å². The topological polar surface area (TPSA) is 98.1 Å². The minimum atomic E-state index is -0.913. The number of piperidine rings is 1. The summed E-state index contributed by atoms with van der Waals surface area (Å²) in [5.41, 5.74) is 2.89. The van der Waals surface area contributed by atoms with Gasteiger partial charge in [0.2, 0.25) is 0 Å². The average Bonchev–Trinajstić information content (AvgIpc) is 3.46. The third-order valence-electron chi connectivity index (χ3n) is 8.84. The molecule has 1 spiro atoms. The molecule has 37 heavy (non-hydrogen) atoms. The van der Waals surface area contributed by atoms with Gasteiger partial charge in [-0.3, -0.25) is 4.79 Å². The zero-order chi connectivity index (χ0) is 26.2. The van der Waals surface area contributed by atoms with E-state index in [1.165, 1.54) is 10.5 Å². The summed E-state index contributed by atoms with van der Waals surface area (Å²) in [6, 6.07) is 14.4. The number of nitrogens with zero attached hydrogens (tertiary/aromatic N) is 4. The van der Waals surface area contributed by atoms with Gasteiger partial charge in [-0.15, -0.1) is 0 Å². The summed E-state index contributed by atoms with van der Waals surface area (Å²) in [5, 5.41) is 12.3. The van der Waals surface area contributed by atoms with Crippen LogP contribution in [0.5, 0.6) is 0 Å². The number of carbonyl (C=O) groups excluding carboxylic acids is 1. The van der Waals surface area contributed by atoms with Crippen LogP contribution in [0.4, 0.5) is 15.3 Å². The Morgan fingerprint density at radius 2 is 1.73 bits per heavy atom. The summed E-state index contributed by atoms with van der Waals surface area (Å²) in [6.45, 7) is 8.26. The van der Waals surface area contributed by atoms with Crippen LogP contribution in [0.1, 0.15) is 43.9 Å². The van der Waals surface area contributed by atoms with Gasteiger partial charge in [-0.1, -0.05) is 37.3 Å². The zero-order valence-electron chi connectivity index (χ0n) is 21.8. The molecule has 3 amide bonds. The van der Waals surface area contributed by atoms with E-state index >= 15 is 0 Å². The Kier molecular flexibility index (Phi) is 6.64. The number of carbonyl (C=O) groups is 2. The van der Waals surface area contributed by atoms with E-state index < -0.39 is 6.09 Å². The molecule has 0 bridgehead atoms. The highest BCUT2D eigenvalue weighted by Gasteiger charge is 2.45. The molecule has 1 atom stereocenters. The van der Waals surface area contributed by atoms with Crippen LogP contribution < -0.4 is 15.8 Å².